The molecular formula is C9H20O4. The lowest BCUT2D eigenvalue weighted by Crippen LogP contribution is -2.16. The first kappa shape index (κ1) is 15.0. The van der Waals surface area contributed by atoms with Crippen LogP contribution < -0.4 is 0 Å². The Hall–Kier alpha value is -0.450. The summed E-state index contributed by atoms with van der Waals surface area (Å²) in [7, 11) is 0. The number of hydrogen-bond acceptors (Lipinski definition) is 4. The highest BCUT2D eigenvalue weighted by Crippen LogP contribution is 1.85. The minimum absolute atomic E-state index is 0.167. The van der Waals surface area contributed by atoms with Crippen molar-refractivity contribution in [3.8, 4) is 0 Å². The van der Waals surface area contributed by atoms with E-state index in [4.69, 9.17) is 14.6 Å². The highest BCUT2D eigenvalue weighted by Gasteiger charge is 1.94. The van der Waals surface area contributed by atoms with Crippen LogP contribution in [0.3, 0.4) is 0 Å². The van der Waals surface area contributed by atoms with Gasteiger partial charge in [-0.3, -0.25) is 0 Å². The van der Waals surface area contributed by atoms with Crippen LogP contribution in [0, 0.1) is 0 Å². The summed E-state index contributed by atoms with van der Waals surface area (Å²) < 4.78 is 9.89. The zero-order chi connectivity index (χ0) is 10.5. The molecule has 4 nitrogen and oxygen atoms in total. The summed E-state index contributed by atoms with van der Waals surface area (Å²) >= 11 is 0. The quantitative estimate of drug-likeness (QED) is 0.611. The molecule has 0 aromatic carbocycles. The van der Waals surface area contributed by atoms with Crippen molar-refractivity contribution in [1.29, 1.82) is 0 Å². The van der Waals surface area contributed by atoms with Crippen LogP contribution in [0.5, 0.6) is 0 Å². The van der Waals surface area contributed by atoms with Crippen molar-refractivity contribution in [3.63, 3.8) is 0 Å². The summed E-state index contributed by atoms with van der Waals surface area (Å²) in [6.07, 6.45) is 0. The van der Waals surface area contributed by atoms with E-state index in [1.165, 1.54) is 13.8 Å². The molecule has 0 spiro atoms. The highest BCUT2D eigenvalue weighted by atomic mass is 16.6. The molecule has 4 heteroatoms. The minimum atomic E-state index is 0.167. The molecule has 0 amide bonds. The Morgan fingerprint density at radius 3 is 1.38 bits per heavy atom. The number of ketones is 1. The number of rotatable bonds is 0. The molecule has 1 saturated heterocycles. The zero-order valence-corrected chi connectivity index (χ0v) is 8.71. The molecule has 1 fully saturated rings. The fraction of sp³-hybridized carbons (Fsp3) is 0.889. The van der Waals surface area contributed by atoms with E-state index in [2.05, 4.69) is 0 Å². The average molecular weight is 192 g/mol. The normalized spacial score (nSPS) is 14.5. The molecular weight excluding hydrogens is 172 g/mol. The van der Waals surface area contributed by atoms with Gasteiger partial charge in [0.05, 0.1) is 26.4 Å². The molecule has 1 heterocycles. The van der Waals surface area contributed by atoms with E-state index in [0.29, 0.717) is 0 Å². The maximum absolute atomic E-state index is 9.44. The van der Waals surface area contributed by atoms with Crippen LogP contribution >= 0.6 is 0 Å². The summed E-state index contributed by atoms with van der Waals surface area (Å²) in [6, 6.07) is 0. The molecule has 1 aliphatic heterocycles. The Labute approximate surface area is 79.8 Å². The van der Waals surface area contributed by atoms with E-state index in [-0.39, 0.29) is 12.4 Å². The van der Waals surface area contributed by atoms with Gasteiger partial charge in [-0.25, -0.2) is 0 Å². The Balaban J connectivity index is 0. The fourth-order valence-electron chi connectivity index (χ4n) is 0.440. The number of carbonyl (C=O) groups is 1. The second-order valence-corrected chi connectivity index (χ2v) is 2.45. The minimum Gasteiger partial charge on any atom is -0.397 e. The molecule has 0 bridgehead atoms. The van der Waals surface area contributed by atoms with Gasteiger partial charge in [0.25, 0.3) is 0 Å². The molecule has 0 unspecified atom stereocenters. The van der Waals surface area contributed by atoms with Crippen molar-refractivity contribution >= 4 is 5.78 Å². The first-order valence-corrected chi connectivity index (χ1v) is 4.38. The van der Waals surface area contributed by atoms with E-state index < -0.39 is 0 Å². The number of hydrogen-bond donors (Lipinski definition) is 1. The van der Waals surface area contributed by atoms with Crippen LogP contribution in [0.15, 0.2) is 0 Å². The second kappa shape index (κ2) is 14.1. The van der Waals surface area contributed by atoms with Gasteiger partial charge in [-0.15, -0.1) is 0 Å². The molecule has 0 radical (unpaired) electrons. The van der Waals surface area contributed by atoms with Crippen molar-refractivity contribution in [2.45, 2.75) is 20.8 Å². The third-order valence-corrected chi connectivity index (χ3v) is 0.744. The monoisotopic (exact) mass is 192 g/mol. The van der Waals surface area contributed by atoms with E-state index in [1.54, 1.807) is 6.92 Å². The fourth-order valence-corrected chi connectivity index (χ4v) is 0.440. The van der Waals surface area contributed by atoms with Gasteiger partial charge in [0, 0.05) is 6.61 Å². The molecule has 0 aliphatic carbocycles. The van der Waals surface area contributed by atoms with E-state index in [1.807, 2.05) is 0 Å². The maximum Gasteiger partial charge on any atom is 0.126 e. The average Bonchev–Trinajstić information content (AvgIpc) is 2.08. The van der Waals surface area contributed by atoms with Crippen molar-refractivity contribution in [1.82, 2.24) is 0 Å². The van der Waals surface area contributed by atoms with Gasteiger partial charge in [0.15, 0.2) is 0 Å². The molecule has 0 saturated carbocycles. The lowest BCUT2D eigenvalue weighted by molar-refractivity contribution is -0.114. The van der Waals surface area contributed by atoms with Gasteiger partial charge in [-0.05, 0) is 20.8 Å². The summed E-state index contributed by atoms with van der Waals surface area (Å²) in [4.78, 5) is 9.44. The third-order valence-electron chi connectivity index (χ3n) is 0.744. The van der Waals surface area contributed by atoms with Gasteiger partial charge < -0.3 is 19.4 Å². The van der Waals surface area contributed by atoms with E-state index >= 15 is 0 Å². The lowest BCUT2D eigenvalue weighted by Gasteiger charge is -2.09. The molecule has 1 aliphatic rings. The van der Waals surface area contributed by atoms with Crippen LogP contribution in [-0.4, -0.2) is 43.9 Å². The van der Waals surface area contributed by atoms with Crippen molar-refractivity contribution in [2.75, 3.05) is 33.0 Å². The molecule has 1 rings (SSSR count). The van der Waals surface area contributed by atoms with Crippen molar-refractivity contribution in [2.24, 2.45) is 0 Å². The smallest absolute Gasteiger partial charge is 0.126 e. The van der Waals surface area contributed by atoms with Crippen LogP contribution in [-0.2, 0) is 14.3 Å². The molecule has 80 valence electrons. The van der Waals surface area contributed by atoms with E-state index in [0.717, 1.165) is 26.4 Å². The number of ether oxygens (including phenoxy) is 2. The summed E-state index contributed by atoms with van der Waals surface area (Å²) in [5.41, 5.74) is 0. The summed E-state index contributed by atoms with van der Waals surface area (Å²) in [5, 5.41) is 7.57. The van der Waals surface area contributed by atoms with Gasteiger partial charge >= 0.3 is 0 Å². The molecule has 0 aromatic rings. The molecule has 13 heavy (non-hydrogen) atoms. The molecule has 1 N–H and O–H groups in total. The van der Waals surface area contributed by atoms with Crippen LogP contribution in [0.4, 0.5) is 0 Å². The number of carbonyl (C=O) groups excluding carboxylic acids is 1. The largest absolute Gasteiger partial charge is 0.397 e. The molecule has 0 aromatic heterocycles. The Kier molecular flexibility index (Phi) is 16.3. The standard InChI is InChI=1S/C4H8O2.C3H6O.C2H6O/c1-2-6-4-3-5-1;1-3(2)4;1-2-3/h1-4H2;1-2H3;3H,2H2,1H3. The zero-order valence-electron chi connectivity index (χ0n) is 8.71. The lowest BCUT2D eigenvalue weighted by atomic mass is 10.6. The van der Waals surface area contributed by atoms with E-state index in [9.17, 15) is 4.79 Å². The Bertz CT molecular complexity index is 84.3. The van der Waals surface area contributed by atoms with Gasteiger partial charge in [-0.1, -0.05) is 0 Å². The Morgan fingerprint density at radius 1 is 1.15 bits per heavy atom. The van der Waals surface area contributed by atoms with Crippen molar-refractivity contribution in [3.05, 3.63) is 0 Å². The van der Waals surface area contributed by atoms with Gasteiger partial charge in [0.2, 0.25) is 0 Å². The predicted octanol–water partition coefficient (Wildman–Crippen LogP) is 0.627. The van der Waals surface area contributed by atoms with Crippen LogP contribution in [0.2, 0.25) is 0 Å². The predicted molar refractivity (Wildman–Crippen MR) is 50.8 cm³/mol. The summed E-state index contributed by atoms with van der Waals surface area (Å²) in [6.45, 7) is 8.10. The van der Waals surface area contributed by atoms with Crippen LogP contribution in [0.1, 0.15) is 20.8 Å². The third kappa shape index (κ3) is 34.2. The second-order valence-electron chi connectivity index (χ2n) is 2.45. The maximum atomic E-state index is 9.44. The Morgan fingerprint density at radius 2 is 1.31 bits per heavy atom. The highest BCUT2D eigenvalue weighted by molar-refractivity contribution is 5.72. The van der Waals surface area contributed by atoms with Gasteiger partial charge in [0.1, 0.15) is 5.78 Å². The SMILES string of the molecule is C1COCCO1.CC(C)=O.CCO. The van der Waals surface area contributed by atoms with Crippen molar-refractivity contribution < 1.29 is 19.4 Å². The van der Waals surface area contributed by atoms with Crippen LogP contribution in [0.25, 0.3) is 0 Å². The first-order valence-electron chi connectivity index (χ1n) is 4.38. The summed E-state index contributed by atoms with van der Waals surface area (Å²) in [5.74, 6) is 0.167. The number of aliphatic hydroxyl groups is 1. The topological polar surface area (TPSA) is 55.8 Å². The number of Topliss-reactive ketones (excluding diaryl/α,β-unsaturated/α-hetero) is 1. The first-order chi connectivity index (χ1) is 6.15. The number of aliphatic hydroxyl groups excluding tert-OH is 1. The molecule has 0 atom stereocenters. The van der Waals surface area contributed by atoms with Gasteiger partial charge in [-0.2, -0.15) is 0 Å².